The number of rotatable bonds is 4. The second-order valence-corrected chi connectivity index (χ2v) is 8.03. The van der Waals surface area contributed by atoms with Crippen molar-refractivity contribution in [1.82, 2.24) is 9.88 Å². The topological polar surface area (TPSA) is 59.5 Å². The zero-order chi connectivity index (χ0) is 22.4. The number of nitrogens with zero attached hydrogens (tertiary/aromatic N) is 2. The summed E-state index contributed by atoms with van der Waals surface area (Å²) < 4.78 is 33.0. The Morgan fingerprint density at radius 1 is 1.30 bits per heavy atom. The van der Waals surface area contributed by atoms with E-state index in [9.17, 15) is 14.0 Å². The molecule has 1 aliphatic carbocycles. The molecule has 0 aliphatic heterocycles. The minimum atomic E-state index is -1.93. The number of carbonyl (C=O) groups is 2. The van der Waals surface area contributed by atoms with Crippen LogP contribution in [0, 0.1) is 11.8 Å². The maximum Gasteiger partial charge on any atom is 0.417 e. The second-order valence-electron chi connectivity index (χ2n) is 8.03. The number of alkyl halides is 2. The van der Waals surface area contributed by atoms with Crippen molar-refractivity contribution in [3.63, 3.8) is 0 Å². The highest BCUT2D eigenvalue weighted by Gasteiger charge is 2.42. The SMILES string of the molecule is CC(C)(C)OC(=O)N(C(=O)CCC#Cc1cccc(CF)n1)C1C=CC=CC1(C)F. The summed E-state index contributed by atoms with van der Waals surface area (Å²) in [5.41, 5.74) is -2.11. The molecule has 7 heteroatoms. The number of hydrogen-bond acceptors (Lipinski definition) is 4. The zero-order valence-corrected chi connectivity index (χ0v) is 17.6. The summed E-state index contributed by atoms with van der Waals surface area (Å²) >= 11 is 0. The maximum absolute atomic E-state index is 15.0. The van der Waals surface area contributed by atoms with E-state index in [2.05, 4.69) is 16.8 Å². The quantitative estimate of drug-likeness (QED) is 0.670. The Hall–Kier alpha value is -3.01. The number of amides is 2. The fraction of sp³-hybridized carbons (Fsp3) is 0.435. The van der Waals surface area contributed by atoms with Crippen molar-refractivity contribution in [2.45, 2.75) is 64.5 Å². The number of pyridine rings is 1. The van der Waals surface area contributed by atoms with E-state index in [1.54, 1.807) is 45.0 Å². The highest BCUT2D eigenvalue weighted by molar-refractivity contribution is 5.93. The number of imide groups is 1. The maximum atomic E-state index is 15.0. The monoisotopic (exact) mass is 416 g/mol. The first-order valence-electron chi connectivity index (χ1n) is 9.64. The van der Waals surface area contributed by atoms with E-state index in [1.165, 1.54) is 25.2 Å². The Kier molecular flexibility index (Phi) is 7.49. The number of hydrogen-bond donors (Lipinski definition) is 0. The summed E-state index contributed by atoms with van der Waals surface area (Å²) in [6.45, 7) is 5.62. The van der Waals surface area contributed by atoms with Crippen molar-refractivity contribution in [2.75, 3.05) is 0 Å². The normalized spacial score (nSPS) is 20.3. The molecule has 0 bridgehead atoms. The Balaban J connectivity index is 2.15. The van der Waals surface area contributed by atoms with E-state index in [-0.39, 0.29) is 18.5 Å². The van der Waals surface area contributed by atoms with Crippen molar-refractivity contribution in [1.29, 1.82) is 0 Å². The van der Waals surface area contributed by atoms with Crippen molar-refractivity contribution < 1.29 is 23.1 Å². The van der Waals surface area contributed by atoms with Crippen molar-refractivity contribution in [3.8, 4) is 11.8 Å². The molecule has 0 aromatic carbocycles. The van der Waals surface area contributed by atoms with Crippen LogP contribution in [-0.4, -0.2) is 39.2 Å². The number of ether oxygens (including phenoxy) is 1. The van der Waals surface area contributed by atoms with E-state index in [1.807, 2.05) is 0 Å². The summed E-state index contributed by atoms with van der Waals surface area (Å²) in [6, 6.07) is 3.70. The van der Waals surface area contributed by atoms with E-state index < -0.39 is 36.0 Å². The lowest BCUT2D eigenvalue weighted by Gasteiger charge is -2.36. The molecule has 1 aromatic rings. The van der Waals surface area contributed by atoms with Crippen LogP contribution in [0.4, 0.5) is 13.6 Å². The highest BCUT2D eigenvalue weighted by atomic mass is 19.1. The first-order valence-corrected chi connectivity index (χ1v) is 9.64. The van der Waals surface area contributed by atoms with Gasteiger partial charge in [0.1, 0.15) is 18.0 Å². The molecule has 2 atom stereocenters. The van der Waals surface area contributed by atoms with Crippen LogP contribution in [0.5, 0.6) is 0 Å². The predicted molar refractivity (Wildman–Crippen MR) is 110 cm³/mol. The standard InChI is InChI=1S/C23H26F2N2O3/c1-22(2,3)30-21(29)27(19-13-7-8-15-23(19,4)25)20(28)14-6-5-10-17-11-9-12-18(16-24)26-17/h7-9,11-13,15,19H,6,14,16H2,1-4H3. The number of halogens is 2. The summed E-state index contributed by atoms with van der Waals surface area (Å²) in [7, 11) is 0. The largest absolute Gasteiger partial charge is 0.443 e. The van der Waals surface area contributed by atoms with E-state index in [4.69, 9.17) is 4.74 Å². The molecule has 160 valence electrons. The number of carbonyl (C=O) groups excluding carboxylic acids is 2. The van der Waals surface area contributed by atoms with Gasteiger partial charge in [-0.25, -0.2) is 23.5 Å². The van der Waals surface area contributed by atoms with Gasteiger partial charge in [-0.1, -0.05) is 30.2 Å². The van der Waals surface area contributed by atoms with Crippen LogP contribution in [0.1, 0.15) is 51.9 Å². The molecule has 0 saturated heterocycles. The molecule has 0 fully saturated rings. The lowest BCUT2D eigenvalue weighted by molar-refractivity contribution is -0.133. The third-order valence-corrected chi connectivity index (χ3v) is 4.17. The van der Waals surface area contributed by atoms with Crippen LogP contribution >= 0.6 is 0 Å². The molecule has 0 N–H and O–H groups in total. The van der Waals surface area contributed by atoms with Crippen molar-refractivity contribution in [2.24, 2.45) is 0 Å². The Morgan fingerprint density at radius 2 is 2.03 bits per heavy atom. The van der Waals surface area contributed by atoms with Gasteiger partial charge in [-0.2, -0.15) is 0 Å². The van der Waals surface area contributed by atoms with Gasteiger partial charge in [0, 0.05) is 12.8 Å². The molecule has 2 rings (SSSR count). The van der Waals surface area contributed by atoms with Crippen LogP contribution < -0.4 is 0 Å². The van der Waals surface area contributed by atoms with Crippen LogP contribution in [0.3, 0.4) is 0 Å². The molecule has 0 radical (unpaired) electrons. The summed E-state index contributed by atoms with van der Waals surface area (Å²) in [5.74, 6) is 4.95. The zero-order valence-electron chi connectivity index (χ0n) is 17.6. The molecule has 30 heavy (non-hydrogen) atoms. The van der Waals surface area contributed by atoms with Gasteiger partial charge in [0.2, 0.25) is 5.91 Å². The molecule has 2 amide bonds. The Bertz CT molecular complexity index is 905. The fourth-order valence-corrected chi connectivity index (χ4v) is 2.79. The van der Waals surface area contributed by atoms with Gasteiger partial charge in [0.15, 0.2) is 5.67 Å². The molecule has 5 nitrogen and oxygen atoms in total. The summed E-state index contributed by atoms with van der Waals surface area (Å²) in [4.78, 5) is 30.4. The van der Waals surface area contributed by atoms with Gasteiger partial charge >= 0.3 is 6.09 Å². The fourth-order valence-electron chi connectivity index (χ4n) is 2.79. The van der Waals surface area contributed by atoms with Crippen LogP contribution in [0.25, 0.3) is 0 Å². The molecule has 0 spiro atoms. The molecular formula is C23H26F2N2O3. The van der Waals surface area contributed by atoms with Gasteiger partial charge in [0.05, 0.1) is 11.7 Å². The molecule has 0 saturated carbocycles. The van der Waals surface area contributed by atoms with Crippen LogP contribution in [0.2, 0.25) is 0 Å². The van der Waals surface area contributed by atoms with Gasteiger partial charge in [-0.05, 0) is 51.8 Å². The summed E-state index contributed by atoms with van der Waals surface area (Å²) in [6.07, 6.45) is 4.96. The van der Waals surface area contributed by atoms with Gasteiger partial charge < -0.3 is 4.74 Å². The number of allylic oxidation sites excluding steroid dienone is 2. The van der Waals surface area contributed by atoms with E-state index in [0.29, 0.717) is 5.69 Å². The van der Waals surface area contributed by atoms with Crippen LogP contribution in [0.15, 0.2) is 42.5 Å². The molecular weight excluding hydrogens is 390 g/mol. The lowest BCUT2D eigenvalue weighted by atomic mass is 9.92. The molecule has 1 aliphatic rings. The first kappa shape index (κ1) is 23.3. The van der Waals surface area contributed by atoms with E-state index in [0.717, 1.165) is 4.90 Å². The average molecular weight is 416 g/mol. The minimum Gasteiger partial charge on any atom is -0.443 e. The van der Waals surface area contributed by atoms with Crippen molar-refractivity contribution in [3.05, 3.63) is 53.9 Å². The molecule has 1 aromatic heterocycles. The minimum absolute atomic E-state index is 0.112. The average Bonchev–Trinajstić information content (AvgIpc) is 2.65. The molecule has 1 heterocycles. The first-order chi connectivity index (χ1) is 14.0. The second kappa shape index (κ2) is 9.66. The van der Waals surface area contributed by atoms with E-state index >= 15 is 4.39 Å². The summed E-state index contributed by atoms with van der Waals surface area (Å²) in [5, 5.41) is 0. The smallest absolute Gasteiger partial charge is 0.417 e. The Labute approximate surface area is 175 Å². The molecule has 2 unspecified atom stereocenters. The van der Waals surface area contributed by atoms with Crippen LogP contribution in [-0.2, 0) is 16.2 Å². The third-order valence-electron chi connectivity index (χ3n) is 4.17. The van der Waals surface area contributed by atoms with Gasteiger partial charge in [-0.15, -0.1) is 0 Å². The van der Waals surface area contributed by atoms with Crippen molar-refractivity contribution >= 4 is 12.0 Å². The highest BCUT2D eigenvalue weighted by Crippen LogP contribution is 2.29. The lowest BCUT2D eigenvalue weighted by Crippen LogP contribution is -2.54. The van der Waals surface area contributed by atoms with Gasteiger partial charge in [-0.3, -0.25) is 4.79 Å². The predicted octanol–water partition coefficient (Wildman–Crippen LogP) is 4.67. The Morgan fingerprint density at radius 3 is 2.67 bits per heavy atom. The number of aromatic nitrogens is 1. The van der Waals surface area contributed by atoms with Gasteiger partial charge in [0.25, 0.3) is 0 Å². The third kappa shape index (κ3) is 6.51.